The third kappa shape index (κ3) is 2.32. The Morgan fingerprint density at radius 3 is 2.78 bits per heavy atom. The molecule has 0 atom stereocenters. The molecule has 0 saturated heterocycles. The number of anilines is 1. The summed E-state index contributed by atoms with van der Waals surface area (Å²) < 4.78 is 5.23. The van der Waals surface area contributed by atoms with Crippen molar-refractivity contribution in [2.45, 2.75) is 32.2 Å². The van der Waals surface area contributed by atoms with E-state index in [1.807, 2.05) is 18.2 Å². The number of nitrogens with one attached hydrogen (secondary N) is 1. The second-order valence-corrected chi connectivity index (χ2v) is 5.80. The fourth-order valence-electron chi connectivity index (χ4n) is 2.89. The van der Waals surface area contributed by atoms with Crippen molar-refractivity contribution in [3.63, 3.8) is 0 Å². The van der Waals surface area contributed by atoms with Gasteiger partial charge in [0.2, 0.25) is 0 Å². The highest BCUT2D eigenvalue weighted by atomic mass is 16.5. The van der Waals surface area contributed by atoms with Crippen LogP contribution in [0.15, 0.2) is 18.2 Å². The maximum absolute atomic E-state index is 5.99. The molecule has 0 aliphatic heterocycles. The van der Waals surface area contributed by atoms with E-state index < -0.39 is 0 Å². The van der Waals surface area contributed by atoms with Gasteiger partial charge in [-0.3, -0.25) is 0 Å². The number of nitrogen functional groups attached to an aromatic ring is 1. The average Bonchev–Trinajstić information content (AvgIpc) is 3.25. The zero-order chi connectivity index (χ0) is 12.6. The van der Waals surface area contributed by atoms with Crippen molar-refractivity contribution < 1.29 is 4.74 Å². The molecule has 0 bridgehead atoms. The highest BCUT2D eigenvalue weighted by molar-refractivity contribution is 5.50. The molecule has 2 fully saturated rings. The highest BCUT2D eigenvalue weighted by Crippen LogP contribution is 2.60. The van der Waals surface area contributed by atoms with E-state index in [1.165, 1.54) is 25.7 Å². The second-order valence-electron chi connectivity index (χ2n) is 5.80. The summed E-state index contributed by atoms with van der Waals surface area (Å²) >= 11 is 0. The summed E-state index contributed by atoms with van der Waals surface area (Å²) in [7, 11) is 1.69. The summed E-state index contributed by atoms with van der Waals surface area (Å²) in [6.45, 7) is 1.99. The Hall–Kier alpha value is -1.22. The third-order valence-electron chi connectivity index (χ3n) is 4.48. The molecule has 3 heteroatoms. The van der Waals surface area contributed by atoms with E-state index in [-0.39, 0.29) is 0 Å². The van der Waals surface area contributed by atoms with Gasteiger partial charge in [0.1, 0.15) is 5.75 Å². The molecule has 3 nitrogen and oxygen atoms in total. The summed E-state index contributed by atoms with van der Waals surface area (Å²) in [6.07, 6.45) is 5.72. The molecule has 3 rings (SSSR count). The van der Waals surface area contributed by atoms with Gasteiger partial charge in [0.25, 0.3) is 0 Å². The highest BCUT2D eigenvalue weighted by Gasteiger charge is 2.53. The van der Waals surface area contributed by atoms with Gasteiger partial charge in [0, 0.05) is 18.8 Å². The Morgan fingerprint density at radius 1 is 1.39 bits per heavy atom. The molecule has 3 N–H and O–H groups in total. The zero-order valence-electron chi connectivity index (χ0n) is 11.0. The normalized spacial score (nSPS) is 20.7. The maximum Gasteiger partial charge on any atom is 0.119 e. The molecule has 2 saturated carbocycles. The number of ether oxygens (including phenoxy) is 1. The largest absolute Gasteiger partial charge is 0.497 e. The van der Waals surface area contributed by atoms with Gasteiger partial charge in [-0.05, 0) is 60.8 Å². The molecule has 0 spiro atoms. The first-order valence-electron chi connectivity index (χ1n) is 6.87. The summed E-state index contributed by atoms with van der Waals surface area (Å²) in [5.41, 5.74) is 8.62. The van der Waals surface area contributed by atoms with Gasteiger partial charge in [-0.25, -0.2) is 0 Å². The van der Waals surface area contributed by atoms with Crippen LogP contribution in [0.3, 0.4) is 0 Å². The summed E-state index contributed by atoms with van der Waals surface area (Å²) in [6, 6.07) is 5.86. The Kier molecular flexibility index (Phi) is 2.94. The lowest BCUT2D eigenvalue weighted by molar-refractivity contribution is 0.401. The van der Waals surface area contributed by atoms with Gasteiger partial charge >= 0.3 is 0 Å². The third-order valence-corrected chi connectivity index (χ3v) is 4.48. The molecule has 18 heavy (non-hydrogen) atoms. The lowest BCUT2D eigenvalue weighted by Gasteiger charge is -2.16. The first-order valence-corrected chi connectivity index (χ1v) is 6.87. The van der Waals surface area contributed by atoms with E-state index >= 15 is 0 Å². The Bertz CT molecular complexity index is 436. The van der Waals surface area contributed by atoms with Crippen LogP contribution in [-0.4, -0.2) is 13.7 Å². The second kappa shape index (κ2) is 4.47. The molecule has 0 unspecified atom stereocenters. The van der Waals surface area contributed by atoms with Gasteiger partial charge in [0.05, 0.1) is 7.11 Å². The number of hydrogen-bond acceptors (Lipinski definition) is 3. The number of rotatable bonds is 6. The lowest BCUT2D eigenvalue weighted by atomic mass is 10.0. The van der Waals surface area contributed by atoms with Crippen LogP contribution in [0.5, 0.6) is 5.75 Å². The van der Waals surface area contributed by atoms with Gasteiger partial charge in [-0.15, -0.1) is 0 Å². The van der Waals surface area contributed by atoms with Crippen LogP contribution >= 0.6 is 0 Å². The molecule has 0 radical (unpaired) electrons. The van der Waals surface area contributed by atoms with Crippen LogP contribution in [0.4, 0.5) is 5.69 Å². The number of benzene rings is 1. The Labute approximate surface area is 109 Å². The van der Waals surface area contributed by atoms with Gasteiger partial charge in [0.15, 0.2) is 0 Å². The first-order chi connectivity index (χ1) is 8.73. The number of hydrogen-bond donors (Lipinski definition) is 2. The van der Waals surface area contributed by atoms with E-state index in [9.17, 15) is 0 Å². The molecular weight excluding hydrogens is 224 g/mol. The fourth-order valence-corrected chi connectivity index (χ4v) is 2.89. The minimum absolute atomic E-state index is 0.646. The Morgan fingerprint density at radius 2 is 2.17 bits per heavy atom. The van der Waals surface area contributed by atoms with Crippen molar-refractivity contribution >= 4 is 5.69 Å². The zero-order valence-corrected chi connectivity index (χ0v) is 11.0. The standard InChI is InChI=1S/C15H22N2O/c1-18-13-4-5-14(16)11(8-13)9-17-10-15(6-7-15)12-2-3-12/h4-5,8,12,17H,2-3,6-7,9-10,16H2,1H3. The number of nitrogens with two attached hydrogens (primary N) is 1. The van der Waals surface area contributed by atoms with Crippen LogP contribution in [0, 0.1) is 11.3 Å². The van der Waals surface area contributed by atoms with Crippen molar-refractivity contribution in [3.8, 4) is 5.75 Å². The monoisotopic (exact) mass is 246 g/mol. The van der Waals surface area contributed by atoms with Crippen molar-refractivity contribution in [1.29, 1.82) is 0 Å². The fraction of sp³-hybridized carbons (Fsp3) is 0.600. The van der Waals surface area contributed by atoms with Crippen molar-refractivity contribution in [3.05, 3.63) is 23.8 Å². The van der Waals surface area contributed by atoms with Crippen molar-refractivity contribution in [2.75, 3.05) is 19.4 Å². The topological polar surface area (TPSA) is 47.3 Å². The van der Waals surface area contributed by atoms with Crippen LogP contribution in [-0.2, 0) is 6.54 Å². The molecule has 98 valence electrons. The van der Waals surface area contributed by atoms with E-state index in [4.69, 9.17) is 10.5 Å². The molecule has 0 amide bonds. The van der Waals surface area contributed by atoms with Crippen LogP contribution in [0.25, 0.3) is 0 Å². The molecule has 2 aliphatic carbocycles. The van der Waals surface area contributed by atoms with E-state index in [0.29, 0.717) is 5.41 Å². The first kappa shape index (κ1) is 11.8. The van der Waals surface area contributed by atoms with Gasteiger partial charge in [-0.2, -0.15) is 0 Å². The van der Waals surface area contributed by atoms with Crippen LogP contribution < -0.4 is 15.8 Å². The average molecular weight is 246 g/mol. The van der Waals surface area contributed by atoms with Crippen LogP contribution in [0.1, 0.15) is 31.2 Å². The van der Waals surface area contributed by atoms with E-state index in [2.05, 4.69) is 5.32 Å². The summed E-state index contributed by atoms with van der Waals surface area (Å²) in [5.74, 6) is 1.89. The van der Waals surface area contributed by atoms with Crippen LogP contribution in [0.2, 0.25) is 0 Å². The summed E-state index contributed by atoms with van der Waals surface area (Å²) in [5, 5.41) is 3.58. The van der Waals surface area contributed by atoms with Gasteiger partial charge < -0.3 is 15.8 Å². The van der Waals surface area contributed by atoms with E-state index in [1.54, 1.807) is 7.11 Å². The molecule has 0 heterocycles. The quantitative estimate of drug-likeness (QED) is 0.758. The molecular formula is C15H22N2O. The predicted octanol–water partition coefficient (Wildman–Crippen LogP) is 2.56. The van der Waals surface area contributed by atoms with Gasteiger partial charge in [-0.1, -0.05) is 0 Å². The molecule has 0 aromatic heterocycles. The molecule has 1 aromatic rings. The maximum atomic E-state index is 5.99. The Balaban J connectivity index is 1.56. The van der Waals surface area contributed by atoms with Crippen molar-refractivity contribution in [1.82, 2.24) is 5.32 Å². The SMILES string of the molecule is COc1ccc(N)c(CNCC2(C3CC3)CC2)c1. The lowest BCUT2D eigenvalue weighted by Crippen LogP contribution is -2.25. The van der Waals surface area contributed by atoms with Crippen molar-refractivity contribution in [2.24, 2.45) is 11.3 Å². The molecule has 2 aliphatic rings. The summed E-state index contributed by atoms with van der Waals surface area (Å²) in [4.78, 5) is 0. The molecule has 1 aromatic carbocycles. The minimum Gasteiger partial charge on any atom is -0.497 e. The minimum atomic E-state index is 0.646. The predicted molar refractivity (Wildman–Crippen MR) is 73.5 cm³/mol. The smallest absolute Gasteiger partial charge is 0.119 e. The number of methoxy groups -OCH3 is 1. The van der Waals surface area contributed by atoms with E-state index in [0.717, 1.165) is 36.0 Å².